The molecule has 3 aromatic rings. The summed E-state index contributed by atoms with van der Waals surface area (Å²) in [4.78, 5) is 4.81. The Bertz CT molecular complexity index is 779. The van der Waals surface area contributed by atoms with Crippen molar-refractivity contribution in [1.82, 2.24) is 14.8 Å². The average Bonchev–Trinajstić information content (AvgIpc) is 3.07. The molecule has 0 fully saturated rings. The zero-order valence-corrected chi connectivity index (χ0v) is 15.3. The molecular formula is C20H23N3O2. The number of hydrogen-bond acceptors (Lipinski definition) is 4. The average molecular weight is 337 g/mol. The van der Waals surface area contributed by atoms with Crippen LogP contribution in [0.2, 0.25) is 0 Å². The summed E-state index contributed by atoms with van der Waals surface area (Å²) < 4.78 is 12.4. The number of benzene rings is 2. The highest BCUT2D eigenvalue weighted by Crippen LogP contribution is 2.28. The fourth-order valence-corrected chi connectivity index (χ4v) is 2.46. The standard InChI is InChI=1S/C20H23N3O2/c1-20(2,3)19-21-18(14-6-10-16(24-4)11-7-14)23(22-19)15-8-12-17(25-5)13-9-15/h6-13H,1-5H3. The monoisotopic (exact) mass is 337 g/mol. The van der Waals surface area contributed by atoms with Crippen LogP contribution in [0, 0.1) is 0 Å². The molecule has 1 aromatic heterocycles. The van der Waals surface area contributed by atoms with Crippen LogP contribution in [0.3, 0.4) is 0 Å². The van der Waals surface area contributed by atoms with E-state index in [1.54, 1.807) is 14.2 Å². The lowest BCUT2D eigenvalue weighted by Gasteiger charge is -2.12. The van der Waals surface area contributed by atoms with Crippen LogP contribution in [0.25, 0.3) is 17.1 Å². The molecule has 5 nitrogen and oxygen atoms in total. The molecule has 0 saturated carbocycles. The van der Waals surface area contributed by atoms with Gasteiger partial charge in [-0.25, -0.2) is 9.67 Å². The number of ether oxygens (including phenoxy) is 2. The number of rotatable bonds is 4. The zero-order chi connectivity index (χ0) is 18.0. The molecule has 25 heavy (non-hydrogen) atoms. The van der Waals surface area contributed by atoms with Crippen molar-refractivity contribution >= 4 is 0 Å². The molecule has 130 valence electrons. The Morgan fingerprint density at radius 2 is 1.32 bits per heavy atom. The third-order valence-electron chi connectivity index (χ3n) is 3.94. The highest BCUT2D eigenvalue weighted by molar-refractivity contribution is 5.59. The molecule has 5 heteroatoms. The maximum atomic E-state index is 5.25. The molecule has 3 rings (SSSR count). The van der Waals surface area contributed by atoms with Gasteiger partial charge in [0.05, 0.1) is 19.9 Å². The van der Waals surface area contributed by atoms with Gasteiger partial charge in [0.2, 0.25) is 0 Å². The van der Waals surface area contributed by atoms with Gasteiger partial charge in [-0.15, -0.1) is 0 Å². The van der Waals surface area contributed by atoms with E-state index in [9.17, 15) is 0 Å². The van der Waals surface area contributed by atoms with Crippen LogP contribution >= 0.6 is 0 Å². The van der Waals surface area contributed by atoms with Crippen LogP contribution < -0.4 is 9.47 Å². The van der Waals surface area contributed by atoms with Crippen molar-refractivity contribution in [3.8, 4) is 28.6 Å². The summed E-state index contributed by atoms with van der Waals surface area (Å²) in [6.45, 7) is 6.33. The molecule has 0 unspecified atom stereocenters. The van der Waals surface area contributed by atoms with Crippen molar-refractivity contribution in [2.45, 2.75) is 26.2 Å². The van der Waals surface area contributed by atoms with E-state index in [2.05, 4.69) is 20.8 Å². The summed E-state index contributed by atoms with van der Waals surface area (Å²) in [7, 11) is 3.32. The smallest absolute Gasteiger partial charge is 0.163 e. The predicted octanol–water partition coefficient (Wildman–Crippen LogP) is 4.25. The molecule has 0 bridgehead atoms. The topological polar surface area (TPSA) is 49.2 Å². The van der Waals surface area contributed by atoms with Gasteiger partial charge in [-0.1, -0.05) is 20.8 Å². The molecular weight excluding hydrogens is 314 g/mol. The van der Waals surface area contributed by atoms with Gasteiger partial charge >= 0.3 is 0 Å². The Labute approximate surface area is 148 Å². The van der Waals surface area contributed by atoms with E-state index in [0.717, 1.165) is 34.4 Å². The maximum absolute atomic E-state index is 5.25. The molecule has 0 aliphatic rings. The fourth-order valence-electron chi connectivity index (χ4n) is 2.46. The van der Waals surface area contributed by atoms with Crippen LogP contribution in [0.1, 0.15) is 26.6 Å². The minimum absolute atomic E-state index is 0.140. The first kappa shape index (κ1) is 17.0. The zero-order valence-electron chi connectivity index (χ0n) is 15.3. The predicted molar refractivity (Wildman–Crippen MR) is 98.6 cm³/mol. The number of hydrogen-bond donors (Lipinski definition) is 0. The molecule has 1 heterocycles. The lowest BCUT2D eigenvalue weighted by Crippen LogP contribution is -2.14. The molecule has 2 aromatic carbocycles. The van der Waals surface area contributed by atoms with Crippen LogP contribution in [-0.4, -0.2) is 29.0 Å². The van der Waals surface area contributed by atoms with Gasteiger partial charge < -0.3 is 9.47 Å². The van der Waals surface area contributed by atoms with Crippen molar-refractivity contribution in [2.75, 3.05) is 14.2 Å². The van der Waals surface area contributed by atoms with Crippen LogP contribution in [0.4, 0.5) is 0 Å². The molecule has 0 N–H and O–H groups in total. The van der Waals surface area contributed by atoms with Crippen molar-refractivity contribution in [2.24, 2.45) is 0 Å². The lowest BCUT2D eigenvalue weighted by molar-refractivity contribution is 0.414. The summed E-state index contributed by atoms with van der Waals surface area (Å²) in [5.41, 5.74) is 1.79. The van der Waals surface area contributed by atoms with Crippen LogP contribution in [0.15, 0.2) is 48.5 Å². The van der Waals surface area contributed by atoms with E-state index < -0.39 is 0 Å². The first-order valence-corrected chi connectivity index (χ1v) is 8.19. The van der Waals surface area contributed by atoms with Crippen LogP contribution in [0.5, 0.6) is 11.5 Å². The summed E-state index contributed by atoms with van der Waals surface area (Å²) in [5.74, 6) is 3.23. The minimum atomic E-state index is -0.140. The third-order valence-corrected chi connectivity index (χ3v) is 3.94. The largest absolute Gasteiger partial charge is 0.497 e. The summed E-state index contributed by atoms with van der Waals surface area (Å²) >= 11 is 0. The number of methoxy groups -OCH3 is 2. The van der Waals surface area contributed by atoms with Gasteiger partial charge in [0.15, 0.2) is 11.6 Å². The molecule has 0 amide bonds. The third kappa shape index (κ3) is 3.50. The second kappa shape index (κ2) is 6.59. The number of aromatic nitrogens is 3. The minimum Gasteiger partial charge on any atom is -0.497 e. The number of nitrogens with zero attached hydrogens (tertiary/aromatic N) is 3. The molecule has 0 aliphatic carbocycles. The van der Waals surface area contributed by atoms with Crippen molar-refractivity contribution in [1.29, 1.82) is 0 Å². The molecule has 0 radical (unpaired) electrons. The Kier molecular flexibility index (Phi) is 4.49. The second-order valence-electron chi connectivity index (χ2n) is 6.85. The van der Waals surface area contributed by atoms with Crippen molar-refractivity contribution < 1.29 is 9.47 Å². The van der Waals surface area contributed by atoms with E-state index in [1.165, 1.54) is 0 Å². The van der Waals surface area contributed by atoms with Gasteiger partial charge in [-0.2, -0.15) is 5.10 Å². The molecule has 0 saturated heterocycles. The van der Waals surface area contributed by atoms with Gasteiger partial charge in [-0.05, 0) is 48.5 Å². The first-order valence-electron chi connectivity index (χ1n) is 8.19. The lowest BCUT2D eigenvalue weighted by atomic mass is 9.96. The second-order valence-corrected chi connectivity index (χ2v) is 6.85. The summed E-state index contributed by atoms with van der Waals surface area (Å²) in [6.07, 6.45) is 0. The van der Waals surface area contributed by atoms with Gasteiger partial charge in [0.25, 0.3) is 0 Å². The van der Waals surface area contributed by atoms with Crippen molar-refractivity contribution in [3.63, 3.8) is 0 Å². The van der Waals surface area contributed by atoms with E-state index in [0.29, 0.717) is 0 Å². The fraction of sp³-hybridized carbons (Fsp3) is 0.300. The highest BCUT2D eigenvalue weighted by atomic mass is 16.5. The van der Waals surface area contributed by atoms with E-state index in [-0.39, 0.29) is 5.41 Å². The van der Waals surface area contributed by atoms with Gasteiger partial charge in [0, 0.05) is 11.0 Å². The molecule has 0 aliphatic heterocycles. The normalized spacial score (nSPS) is 11.4. The Balaban J connectivity index is 2.12. The van der Waals surface area contributed by atoms with E-state index >= 15 is 0 Å². The van der Waals surface area contributed by atoms with Gasteiger partial charge in [-0.3, -0.25) is 0 Å². The van der Waals surface area contributed by atoms with Gasteiger partial charge in [0.1, 0.15) is 11.5 Å². The van der Waals surface area contributed by atoms with Crippen LogP contribution in [-0.2, 0) is 5.41 Å². The van der Waals surface area contributed by atoms with E-state index in [1.807, 2.05) is 53.2 Å². The summed E-state index contributed by atoms with van der Waals surface area (Å²) in [5, 5.41) is 4.76. The highest BCUT2D eigenvalue weighted by Gasteiger charge is 2.23. The SMILES string of the molecule is COc1ccc(-c2nc(C(C)(C)C)nn2-c2ccc(OC)cc2)cc1. The maximum Gasteiger partial charge on any atom is 0.163 e. The Morgan fingerprint density at radius 3 is 1.80 bits per heavy atom. The van der Waals surface area contributed by atoms with E-state index in [4.69, 9.17) is 19.6 Å². The Morgan fingerprint density at radius 1 is 0.800 bits per heavy atom. The summed E-state index contributed by atoms with van der Waals surface area (Å²) in [6, 6.07) is 15.7. The molecule has 0 atom stereocenters. The quantitative estimate of drug-likeness (QED) is 0.714. The Hall–Kier alpha value is -2.82. The van der Waals surface area contributed by atoms with Crippen molar-refractivity contribution in [3.05, 3.63) is 54.4 Å². The first-order chi connectivity index (χ1) is 11.9. The molecule has 0 spiro atoms.